The SMILES string of the molecule is Cc1ccc(C(=O)N2CC(C)NC(C)C2)cc1S(=O)(=O)NO. The summed E-state index contributed by atoms with van der Waals surface area (Å²) in [6, 6.07) is 4.83. The van der Waals surface area contributed by atoms with Gasteiger partial charge in [0.05, 0.1) is 4.90 Å². The molecule has 0 aromatic heterocycles. The highest BCUT2D eigenvalue weighted by molar-refractivity contribution is 7.89. The van der Waals surface area contributed by atoms with Gasteiger partial charge < -0.3 is 15.4 Å². The van der Waals surface area contributed by atoms with E-state index in [1.165, 1.54) is 11.0 Å². The fraction of sp³-hybridized carbons (Fsp3) is 0.500. The Morgan fingerprint density at radius 2 is 1.91 bits per heavy atom. The third kappa shape index (κ3) is 3.46. The van der Waals surface area contributed by atoms with Crippen LogP contribution in [0, 0.1) is 6.92 Å². The number of benzene rings is 1. The van der Waals surface area contributed by atoms with E-state index in [9.17, 15) is 13.2 Å². The van der Waals surface area contributed by atoms with Gasteiger partial charge in [0.15, 0.2) is 0 Å². The van der Waals surface area contributed by atoms with Crippen molar-refractivity contribution in [2.24, 2.45) is 0 Å². The second kappa shape index (κ2) is 6.33. The highest BCUT2D eigenvalue weighted by Gasteiger charge is 2.26. The summed E-state index contributed by atoms with van der Waals surface area (Å²) in [5, 5.41) is 12.1. The lowest BCUT2D eigenvalue weighted by Crippen LogP contribution is -2.55. The van der Waals surface area contributed by atoms with Crippen LogP contribution in [0.25, 0.3) is 0 Å². The molecule has 3 N–H and O–H groups in total. The van der Waals surface area contributed by atoms with Crippen LogP contribution in [0.15, 0.2) is 23.1 Å². The summed E-state index contributed by atoms with van der Waals surface area (Å²) in [6.07, 6.45) is 0. The standard InChI is InChI=1S/C14H21N3O4S/c1-9-4-5-12(6-13(9)22(20,21)16-19)14(18)17-7-10(2)15-11(3)8-17/h4-6,10-11,15-16,19H,7-8H2,1-3H3. The summed E-state index contributed by atoms with van der Waals surface area (Å²) in [6.45, 7) is 6.73. The van der Waals surface area contributed by atoms with E-state index in [1.54, 1.807) is 24.0 Å². The topological polar surface area (TPSA) is 98.7 Å². The molecule has 2 unspecified atom stereocenters. The molecule has 1 heterocycles. The number of sulfonamides is 1. The Morgan fingerprint density at radius 3 is 2.45 bits per heavy atom. The van der Waals surface area contributed by atoms with Crippen LogP contribution in [0.3, 0.4) is 0 Å². The Kier molecular flexibility index (Phi) is 4.86. The molecule has 0 bridgehead atoms. The van der Waals surface area contributed by atoms with Crippen LogP contribution < -0.4 is 10.2 Å². The normalized spacial score (nSPS) is 22.6. The molecule has 1 amide bonds. The fourth-order valence-corrected chi connectivity index (χ4v) is 3.62. The van der Waals surface area contributed by atoms with E-state index in [2.05, 4.69) is 5.32 Å². The minimum absolute atomic E-state index is 0.0999. The van der Waals surface area contributed by atoms with Crippen LogP contribution in [0.5, 0.6) is 0 Å². The van der Waals surface area contributed by atoms with E-state index in [0.29, 0.717) is 24.2 Å². The van der Waals surface area contributed by atoms with Gasteiger partial charge in [-0.1, -0.05) is 11.0 Å². The summed E-state index contributed by atoms with van der Waals surface area (Å²) in [5.74, 6) is -0.213. The monoisotopic (exact) mass is 327 g/mol. The molecule has 0 spiro atoms. The van der Waals surface area contributed by atoms with Gasteiger partial charge in [-0.3, -0.25) is 4.79 Å². The Balaban J connectivity index is 2.33. The van der Waals surface area contributed by atoms with E-state index < -0.39 is 10.0 Å². The van der Waals surface area contributed by atoms with Gasteiger partial charge in [-0.05, 0) is 38.5 Å². The first-order valence-electron chi connectivity index (χ1n) is 7.06. The van der Waals surface area contributed by atoms with E-state index in [0.717, 1.165) is 0 Å². The van der Waals surface area contributed by atoms with Crippen molar-refractivity contribution in [2.45, 2.75) is 37.8 Å². The molecule has 1 aromatic carbocycles. The molecule has 2 atom stereocenters. The molecule has 2 rings (SSSR count). The lowest BCUT2D eigenvalue weighted by atomic mass is 10.1. The van der Waals surface area contributed by atoms with Crippen LogP contribution >= 0.6 is 0 Å². The number of hydrogen-bond acceptors (Lipinski definition) is 5. The van der Waals surface area contributed by atoms with Crippen LogP contribution in [0.4, 0.5) is 0 Å². The van der Waals surface area contributed by atoms with Crippen molar-refractivity contribution in [1.82, 2.24) is 15.1 Å². The number of hydrogen-bond donors (Lipinski definition) is 3. The maximum Gasteiger partial charge on any atom is 0.262 e. The highest BCUT2D eigenvalue weighted by Crippen LogP contribution is 2.19. The third-order valence-corrected chi connectivity index (χ3v) is 4.95. The van der Waals surface area contributed by atoms with E-state index in [1.807, 2.05) is 13.8 Å². The van der Waals surface area contributed by atoms with Crippen LogP contribution in [0.2, 0.25) is 0 Å². The molecule has 0 aliphatic carbocycles. The van der Waals surface area contributed by atoms with Gasteiger partial charge in [-0.25, -0.2) is 8.42 Å². The molecule has 1 fully saturated rings. The molecule has 122 valence electrons. The molecular weight excluding hydrogens is 306 g/mol. The van der Waals surface area contributed by atoms with Crippen molar-refractivity contribution in [2.75, 3.05) is 13.1 Å². The molecule has 22 heavy (non-hydrogen) atoms. The Morgan fingerprint density at radius 1 is 1.32 bits per heavy atom. The fourth-order valence-electron chi connectivity index (χ4n) is 2.75. The van der Waals surface area contributed by atoms with Crippen molar-refractivity contribution < 1.29 is 18.4 Å². The van der Waals surface area contributed by atoms with Gasteiger partial charge in [-0.2, -0.15) is 0 Å². The summed E-state index contributed by atoms with van der Waals surface area (Å²) in [7, 11) is -4.01. The second-order valence-electron chi connectivity index (χ2n) is 5.75. The molecular formula is C14H21N3O4S. The molecule has 1 aromatic rings. The van der Waals surface area contributed by atoms with Crippen molar-refractivity contribution >= 4 is 15.9 Å². The van der Waals surface area contributed by atoms with Crippen LogP contribution in [-0.4, -0.2) is 49.6 Å². The van der Waals surface area contributed by atoms with Crippen molar-refractivity contribution in [1.29, 1.82) is 0 Å². The van der Waals surface area contributed by atoms with Crippen LogP contribution in [0.1, 0.15) is 29.8 Å². The van der Waals surface area contributed by atoms with Crippen molar-refractivity contribution in [3.8, 4) is 0 Å². The summed E-state index contributed by atoms with van der Waals surface area (Å²) in [5.41, 5.74) is 0.751. The third-order valence-electron chi connectivity index (χ3n) is 3.69. The zero-order valence-electron chi connectivity index (χ0n) is 12.8. The number of nitrogens with one attached hydrogen (secondary N) is 2. The zero-order chi connectivity index (χ0) is 16.5. The molecule has 0 saturated carbocycles. The van der Waals surface area contributed by atoms with E-state index in [-0.39, 0.29) is 22.9 Å². The first kappa shape index (κ1) is 16.9. The number of aryl methyl sites for hydroxylation is 1. The zero-order valence-corrected chi connectivity index (χ0v) is 13.6. The lowest BCUT2D eigenvalue weighted by molar-refractivity contribution is 0.0673. The van der Waals surface area contributed by atoms with Crippen molar-refractivity contribution in [3.05, 3.63) is 29.3 Å². The van der Waals surface area contributed by atoms with Gasteiger partial charge in [0.2, 0.25) is 0 Å². The molecule has 1 aliphatic heterocycles. The molecule has 1 saturated heterocycles. The molecule has 7 nitrogen and oxygen atoms in total. The summed E-state index contributed by atoms with van der Waals surface area (Å²) in [4.78, 5) is 15.5. The average molecular weight is 327 g/mol. The minimum Gasteiger partial charge on any atom is -0.336 e. The number of nitrogens with zero attached hydrogens (tertiary/aromatic N) is 1. The van der Waals surface area contributed by atoms with Crippen LogP contribution in [-0.2, 0) is 10.0 Å². The van der Waals surface area contributed by atoms with E-state index in [4.69, 9.17) is 5.21 Å². The molecule has 1 aliphatic rings. The predicted octanol–water partition coefficient (Wildman–Crippen LogP) is 0.485. The summed E-state index contributed by atoms with van der Waals surface area (Å²) < 4.78 is 23.6. The number of carbonyl (C=O) groups is 1. The average Bonchev–Trinajstić information content (AvgIpc) is 2.45. The first-order valence-corrected chi connectivity index (χ1v) is 8.55. The maximum atomic E-state index is 12.6. The molecule has 8 heteroatoms. The Hall–Kier alpha value is -1.48. The minimum atomic E-state index is -4.01. The van der Waals surface area contributed by atoms with Gasteiger partial charge >= 0.3 is 0 Å². The lowest BCUT2D eigenvalue weighted by Gasteiger charge is -2.36. The second-order valence-corrected chi connectivity index (χ2v) is 7.38. The number of carbonyl (C=O) groups excluding carboxylic acids is 1. The maximum absolute atomic E-state index is 12.6. The van der Waals surface area contributed by atoms with Gasteiger partial charge in [-0.15, -0.1) is 0 Å². The largest absolute Gasteiger partial charge is 0.336 e. The molecule has 0 radical (unpaired) electrons. The number of rotatable bonds is 3. The quantitative estimate of drug-likeness (QED) is 0.702. The predicted molar refractivity (Wildman–Crippen MR) is 81.3 cm³/mol. The van der Waals surface area contributed by atoms with Gasteiger partial charge in [0.1, 0.15) is 0 Å². The number of piperazine rings is 1. The first-order chi connectivity index (χ1) is 10.2. The van der Waals surface area contributed by atoms with Crippen molar-refractivity contribution in [3.63, 3.8) is 0 Å². The van der Waals surface area contributed by atoms with Gasteiger partial charge in [0, 0.05) is 30.7 Å². The highest BCUT2D eigenvalue weighted by atomic mass is 32.2. The Labute approximate surface area is 130 Å². The number of amides is 1. The van der Waals surface area contributed by atoms with Gasteiger partial charge in [0.25, 0.3) is 15.9 Å². The smallest absolute Gasteiger partial charge is 0.262 e. The Bertz CT molecular complexity index is 665. The summed E-state index contributed by atoms with van der Waals surface area (Å²) >= 11 is 0. The van der Waals surface area contributed by atoms with E-state index >= 15 is 0 Å².